The molecule has 2 heterocycles. The quantitative estimate of drug-likeness (QED) is 0.728. The van der Waals surface area contributed by atoms with E-state index < -0.39 is 0 Å². The first-order valence-electron chi connectivity index (χ1n) is 5.51. The SMILES string of the molecule is NCc1ccc(-c2cccc3cccnc23)o1. The summed E-state index contributed by atoms with van der Waals surface area (Å²) in [6.07, 6.45) is 1.79. The Kier molecular flexibility index (Phi) is 2.38. The zero-order valence-electron chi connectivity index (χ0n) is 9.26. The van der Waals surface area contributed by atoms with Crippen molar-refractivity contribution in [1.29, 1.82) is 0 Å². The van der Waals surface area contributed by atoms with Crippen LogP contribution in [0.4, 0.5) is 0 Å². The van der Waals surface area contributed by atoms with Crippen molar-refractivity contribution >= 4 is 10.9 Å². The summed E-state index contributed by atoms with van der Waals surface area (Å²) in [5.41, 5.74) is 7.50. The first-order chi connectivity index (χ1) is 8.38. The average Bonchev–Trinajstić information content (AvgIpc) is 2.87. The van der Waals surface area contributed by atoms with Gasteiger partial charge in [0.15, 0.2) is 0 Å². The molecule has 3 nitrogen and oxygen atoms in total. The van der Waals surface area contributed by atoms with Crippen LogP contribution in [-0.2, 0) is 6.54 Å². The number of fused-ring (bicyclic) bond motifs is 1. The van der Waals surface area contributed by atoms with E-state index in [-0.39, 0.29) is 0 Å². The zero-order chi connectivity index (χ0) is 11.7. The van der Waals surface area contributed by atoms with Crippen molar-refractivity contribution in [3.63, 3.8) is 0 Å². The maximum Gasteiger partial charge on any atom is 0.136 e. The summed E-state index contributed by atoms with van der Waals surface area (Å²) in [5.74, 6) is 1.60. The fraction of sp³-hybridized carbons (Fsp3) is 0.0714. The summed E-state index contributed by atoms with van der Waals surface area (Å²) in [4.78, 5) is 4.40. The lowest BCUT2D eigenvalue weighted by Crippen LogP contribution is -1.92. The van der Waals surface area contributed by atoms with Gasteiger partial charge in [-0.2, -0.15) is 0 Å². The number of nitrogens with two attached hydrogens (primary N) is 1. The van der Waals surface area contributed by atoms with Gasteiger partial charge in [-0.25, -0.2) is 0 Å². The molecule has 0 bridgehead atoms. The van der Waals surface area contributed by atoms with Crippen molar-refractivity contribution in [1.82, 2.24) is 4.98 Å². The largest absolute Gasteiger partial charge is 0.460 e. The van der Waals surface area contributed by atoms with Crippen LogP contribution in [-0.4, -0.2) is 4.98 Å². The monoisotopic (exact) mass is 224 g/mol. The third kappa shape index (κ3) is 1.70. The highest BCUT2D eigenvalue weighted by atomic mass is 16.3. The van der Waals surface area contributed by atoms with Crippen LogP contribution in [0.25, 0.3) is 22.2 Å². The van der Waals surface area contributed by atoms with Crippen LogP contribution in [0.5, 0.6) is 0 Å². The molecule has 3 rings (SSSR count). The molecule has 0 fully saturated rings. The van der Waals surface area contributed by atoms with Crippen molar-refractivity contribution in [2.75, 3.05) is 0 Å². The number of pyridine rings is 1. The lowest BCUT2D eigenvalue weighted by Gasteiger charge is -2.02. The van der Waals surface area contributed by atoms with E-state index >= 15 is 0 Å². The van der Waals surface area contributed by atoms with Gasteiger partial charge in [-0.1, -0.05) is 18.2 Å². The van der Waals surface area contributed by atoms with E-state index in [1.807, 2.05) is 42.5 Å². The van der Waals surface area contributed by atoms with E-state index in [1.54, 1.807) is 6.20 Å². The van der Waals surface area contributed by atoms with E-state index in [2.05, 4.69) is 4.98 Å². The standard InChI is InChI=1S/C14H12N2O/c15-9-11-6-7-13(17-11)12-5-1-3-10-4-2-8-16-14(10)12/h1-8H,9,15H2. The molecule has 3 aromatic rings. The van der Waals surface area contributed by atoms with Crippen LogP contribution in [0, 0.1) is 0 Å². The van der Waals surface area contributed by atoms with E-state index in [4.69, 9.17) is 10.2 Å². The third-order valence-electron chi connectivity index (χ3n) is 2.76. The van der Waals surface area contributed by atoms with Crippen LogP contribution in [0.15, 0.2) is 53.1 Å². The Morgan fingerprint density at radius 3 is 2.76 bits per heavy atom. The maximum atomic E-state index is 5.66. The van der Waals surface area contributed by atoms with Gasteiger partial charge in [-0.05, 0) is 24.3 Å². The summed E-state index contributed by atoms with van der Waals surface area (Å²) < 4.78 is 5.66. The van der Waals surface area contributed by atoms with Gasteiger partial charge in [0.05, 0.1) is 12.1 Å². The highest BCUT2D eigenvalue weighted by molar-refractivity contribution is 5.92. The summed E-state index contributed by atoms with van der Waals surface area (Å²) in [5, 5.41) is 1.11. The predicted octanol–water partition coefficient (Wildman–Crippen LogP) is 2.95. The number of rotatable bonds is 2. The Hall–Kier alpha value is -2.13. The molecule has 0 aliphatic carbocycles. The molecule has 0 unspecified atom stereocenters. The first kappa shape index (κ1) is 10.1. The highest BCUT2D eigenvalue weighted by Gasteiger charge is 2.08. The summed E-state index contributed by atoms with van der Waals surface area (Å²) in [6.45, 7) is 0.415. The lowest BCUT2D eigenvalue weighted by molar-refractivity contribution is 0.526. The molecule has 17 heavy (non-hydrogen) atoms. The minimum atomic E-state index is 0.415. The minimum absolute atomic E-state index is 0.415. The molecule has 0 aliphatic rings. The number of nitrogens with zero attached hydrogens (tertiary/aromatic N) is 1. The summed E-state index contributed by atoms with van der Waals surface area (Å²) in [7, 11) is 0. The third-order valence-corrected chi connectivity index (χ3v) is 2.76. The zero-order valence-corrected chi connectivity index (χ0v) is 9.26. The van der Waals surface area contributed by atoms with Crippen molar-refractivity contribution in [2.45, 2.75) is 6.54 Å². The smallest absolute Gasteiger partial charge is 0.136 e. The van der Waals surface area contributed by atoms with Gasteiger partial charge in [0, 0.05) is 17.1 Å². The maximum absolute atomic E-state index is 5.66. The van der Waals surface area contributed by atoms with Gasteiger partial charge in [-0.15, -0.1) is 0 Å². The topological polar surface area (TPSA) is 52.0 Å². The molecule has 2 N–H and O–H groups in total. The van der Waals surface area contributed by atoms with Gasteiger partial charge in [0.1, 0.15) is 11.5 Å². The van der Waals surface area contributed by atoms with Gasteiger partial charge < -0.3 is 10.2 Å². The summed E-state index contributed by atoms with van der Waals surface area (Å²) >= 11 is 0. The molecule has 0 aliphatic heterocycles. The number of hydrogen-bond acceptors (Lipinski definition) is 3. The van der Waals surface area contributed by atoms with Gasteiger partial charge in [0.2, 0.25) is 0 Å². The van der Waals surface area contributed by atoms with Crippen molar-refractivity contribution in [3.05, 3.63) is 54.4 Å². The van der Waals surface area contributed by atoms with E-state index in [1.165, 1.54) is 0 Å². The van der Waals surface area contributed by atoms with E-state index in [9.17, 15) is 0 Å². The normalized spacial score (nSPS) is 10.9. The molecule has 0 saturated carbocycles. The second kappa shape index (κ2) is 4.03. The number of para-hydroxylation sites is 1. The number of furan rings is 1. The van der Waals surface area contributed by atoms with Gasteiger partial charge in [0.25, 0.3) is 0 Å². The van der Waals surface area contributed by atoms with Crippen LogP contribution >= 0.6 is 0 Å². The molecule has 0 amide bonds. The van der Waals surface area contributed by atoms with Crippen LogP contribution in [0.3, 0.4) is 0 Å². The Morgan fingerprint density at radius 1 is 1.06 bits per heavy atom. The van der Waals surface area contributed by atoms with Crippen LogP contribution in [0.1, 0.15) is 5.76 Å². The van der Waals surface area contributed by atoms with Crippen LogP contribution < -0.4 is 5.73 Å². The highest BCUT2D eigenvalue weighted by Crippen LogP contribution is 2.28. The molecule has 3 heteroatoms. The first-order valence-corrected chi connectivity index (χ1v) is 5.51. The fourth-order valence-electron chi connectivity index (χ4n) is 1.94. The summed E-state index contributed by atoms with van der Waals surface area (Å²) in [6, 6.07) is 13.9. The van der Waals surface area contributed by atoms with Crippen molar-refractivity contribution in [2.24, 2.45) is 5.73 Å². The number of hydrogen-bond donors (Lipinski definition) is 1. The van der Waals surface area contributed by atoms with Crippen molar-refractivity contribution in [3.8, 4) is 11.3 Å². The molecule has 0 atom stereocenters. The second-order valence-corrected chi connectivity index (χ2v) is 3.85. The second-order valence-electron chi connectivity index (χ2n) is 3.85. The Bertz CT molecular complexity index is 653. The molecule has 1 aromatic carbocycles. The molecule has 2 aromatic heterocycles. The molecule has 84 valence electrons. The fourth-order valence-corrected chi connectivity index (χ4v) is 1.94. The molecular formula is C14H12N2O. The number of aromatic nitrogens is 1. The van der Waals surface area contributed by atoms with Crippen LogP contribution in [0.2, 0.25) is 0 Å². The number of benzene rings is 1. The Balaban J connectivity index is 2.23. The Morgan fingerprint density at radius 2 is 1.94 bits per heavy atom. The lowest BCUT2D eigenvalue weighted by atomic mass is 10.1. The molecule has 0 saturated heterocycles. The van der Waals surface area contributed by atoms with E-state index in [0.717, 1.165) is 28.0 Å². The molecule has 0 radical (unpaired) electrons. The van der Waals surface area contributed by atoms with Gasteiger partial charge in [-0.3, -0.25) is 4.98 Å². The van der Waals surface area contributed by atoms with Gasteiger partial charge >= 0.3 is 0 Å². The van der Waals surface area contributed by atoms with Crippen molar-refractivity contribution < 1.29 is 4.42 Å². The predicted molar refractivity (Wildman–Crippen MR) is 67.3 cm³/mol. The minimum Gasteiger partial charge on any atom is -0.460 e. The van der Waals surface area contributed by atoms with E-state index in [0.29, 0.717) is 6.54 Å². The molecular weight excluding hydrogens is 212 g/mol. The Labute approximate surface area is 98.9 Å². The molecule has 0 spiro atoms. The average molecular weight is 224 g/mol.